The zero-order valence-corrected chi connectivity index (χ0v) is 13.1. The molecule has 2 aromatic heterocycles. The molecular formula is C17H19N5O. The number of hydrogen-bond donors (Lipinski definition) is 1. The third-order valence-electron chi connectivity index (χ3n) is 4.52. The Balaban J connectivity index is 1.69. The van der Waals surface area contributed by atoms with E-state index in [0.29, 0.717) is 11.7 Å². The van der Waals surface area contributed by atoms with Crippen LogP contribution >= 0.6 is 0 Å². The van der Waals surface area contributed by atoms with Crippen LogP contribution in [0.1, 0.15) is 37.2 Å². The molecule has 2 N–H and O–H groups in total. The minimum absolute atomic E-state index is 0.439. The average Bonchev–Trinajstić information content (AvgIpc) is 3.28. The fourth-order valence-corrected chi connectivity index (χ4v) is 3.15. The molecule has 1 aliphatic rings. The lowest BCUT2D eigenvalue weighted by atomic mass is 9.99. The summed E-state index contributed by atoms with van der Waals surface area (Å²) in [4.78, 5) is 4.55. The van der Waals surface area contributed by atoms with Crippen molar-refractivity contribution < 1.29 is 4.52 Å². The van der Waals surface area contributed by atoms with Gasteiger partial charge in [0.15, 0.2) is 5.82 Å². The lowest BCUT2D eigenvalue weighted by molar-refractivity contribution is 0.372. The first-order valence-corrected chi connectivity index (χ1v) is 7.91. The number of rotatable bonds is 3. The van der Waals surface area contributed by atoms with E-state index in [1.165, 1.54) is 0 Å². The number of nitrogens with two attached hydrogens (primary N) is 1. The molecule has 6 heteroatoms. The van der Waals surface area contributed by atoms with E-state index in [1.807, 2.05) is 48.1 Å². The summed E-state index contributed by atoms with van der Waals surface area (Å²) >= 11 is 0. The van der Waals surface area contributed by atoms with Crippen LogP contribution in [0.4, 0.5) is 0 Å². The van der Waals surface area contributed by atoms with Gasteiger partial charge in [0.2, 0.25) is 0 Å². The van der Waals surface area contributed by atoms with Crippen molar-refractivity contribution in [3.05, 3.63) is 48.0 Å². The first-order chi connectivity index (χ1) is 11.2. The van der Waals surface area contributed by atoms with Crippen LogP contribution in [0.15, 0.2) is 41.1 Å². The van der Waals surface area contributed by atoms with E-state index in [9.17, 15) is 0 Å². The Morgan fingerprint density at radius 2 is 1.91 bits per heavy atom. The number of aryl methyl sites for hydroxylation is 1. The summed E-state index contributed by atoms with van der Waals surface area (Å²) in [6.07, 6.45) is 5.97. The summed E-state index contributed by atoms with van der Waals surface area (Å²) < 4.78 is 7.29. The normalized spacial score (nSPS) is 16.8. The lowest BCUT2D eigenvalue weighted by Crippen LogP contribution is -2.34. The summed E-state index contributed by atoms with van der Waals surface area (Å²) in [6.45, 7) is 1.94. The van der Waals surface area contributed by atoms with Crippen molar-refractivity contribution in [3.8, 4) is 17.1 Å². The van der Waals surface area contributed by atoms with Gasteiger partial charge in [-0.1, -0.05) is 36.2 Å². The van der Waals surface area contributed by atoms with Crippen LogP contribution in [0, 0.1) is 6.92 Å². The van der Waals surface area contributed by atoms with Gasteiger partial charge < -0.3 is 10.3 Å². The Morgan fingerprint density at radius 3 is 2.65 bits per heavy atom. The summed E-state index contributed by atoms with van der Waals surface area (Å²) in [5, 5.41) is 8.66. The van der Waals surface area contributed by atoms with Crippen molar-refractivity contribution in [2.45, 2.75) is 38.1 Å². The van der Waals surface area contributed by atoms with Crippen molar-refractivity contribution >= 4 is 0 Å². The first kappa shape index (κ1) is 14.1. The molecule has 23 heavy (non-hydrogen) atoms. The van der Waals surface area contributed by atoms with Crippen LogP contribution in [0.3, 0.4) is 0 Å². The van der Waals surface area contributed by atoms with Gasteiger partial charge in [-0.3, -0.25) is 0 Å². The molecule has 118 valence electrons. The number of benzene rings is 1. The van der Waals surface area contributed by atoms with Crippen molar-refractivity contribution in [1.29, 1.82) is 0 Å². The highest BCUT2D eigenvalue weighted by molar-refractivity contribution is 5.56. The molecule has 3 aromatic rings. The Morgan fingerprint density at radius 1 is 1.17 bits per heavy atom. The van der Waals surface area contributed by atoms with Gasteiger partial charge in [0.25, 0.3) is 5.89 Å². The molecule has 1 aliphatic carbocycles. The maximum Gasteiger partial charge on any atom is 0.261 e. The highest BCUT2D eigenvalue weighted by atomic mass is 16.5. The van der Waals surface area contributed by atoms with Gasteiger partial charge in [-0.25, -0.2) is 4.68 Å². The highest BCUT2D eigenvalue weighted by Gasteiger charge is 2.36. The monoisotopic (exact) mass is 309 g/mol. The molecule has 1 saturated carbocycles. The van der Waals surface area contributed by atoms with E-state index in [2.05, 4.69) is 15.2 Å². The Labute approximate surface area is 134 Å². The van der Waals surface area contributed by atoms with Crippen molar-refractivity contribution in [3.63, 3.8) is 0 Å². The van der Waals surface area contributed by atoms with Crippen LogP contribution in [0.25, 0.3) is 17.1 Å². The molecule has 1 aromatic carbocycles. The van der Waals surface area contributed by atoms with Gasteiger partial charge in [0.1, 0.15) is 0 Å². The maximum absolute atomic E-state index is 6.40. The SMILES string of the molecule is Cc1nn(-c2ccccc2)cc1-c1nc(C2(N)CCCC2)no1. The Kier molecular flexibility index (Phi) is 3.27. The average molecular weight is 309 g/mol. The second-order valence-electron chi connectivity index (χ2n) is 6.19. The molecule has 1 fully saturated rings. The van der Waals surface area contributed by atoms with E-state index in [1.54, 1.807) is 0 Å². The van der Waals surface area contributed by atoms with Gasteiger partial charge in [-0.05, 0) is 31.9 Å². The van der Waals surface area contributed by atoms with Gasteiger partial charge in [0.05, 0.1) is 22.5 Å². The van der Waals surface area contributed by atoms with Crippen molar-refractivity contribution in [2.75, 3.05) is 0 Å². The van der Waals surface area contributed by atoms with Gasteiger partial charge >= 0.3 is 0 Å². The Hall–Kier alpha value is -2.47. The number of aromatic nitrogens is 4. The summed E-state index contributed by atoms with van der Waals surface area (Å²) in [5.41, 5.74) is 8.64. The van der Waals surface area contributed by atoms with Gasteiger partial charge in [-0.2, -0.15) is 10.1 Å². The van der Waals surface area contributed by atoms with E-state index in [-0.39, 0.29) is 0 Å². The van der Waals surface area contributed by atoms with Crippen LogP contribution in [0.2, 0.25) is 0 Å². The maximum atomic E-state index is 6.40. The molecule has 0 aliphatic heterocycles. The van der Waals surface area contributed by atoms with Crippen LogP contribution in [-0.2, 0) is 5.54 Å². The minimum Gasteiger partial charge on any atom is -0.334 e. The number of para-hydroxylation sites is 1. The number of hydrogen-bond acceptors (Lipinski definition) is 5. The van der Waals surface area contributed by atoms with E-state index >= 15 is 0 Å². The highest BCUT2D eigenvalue weighted by Crippen LogP contribution is 2.35. The molecule has 6 nitrogen and oxygen atoms in total. The molecule has 0 unspecified atom stereocenters. The molecule has 0 bridgehead atoms. The molecule has 2 heterocycles. The van der Waals surface area contributed by atoms with Gasteiger partial charge in [0, 0.05) is 6.20 Å². The predicted octanol–water partition coefficient (Wildman–Crippen LogP) is 2.96. The van der Waals surface area contributed by atoms with Crippen molar-refractivity contribution in [1.82, 2.24) is 19.9 Å². The molecular weight excluding hydrogens is 290 g/mol. The predicted molar refractivity (Wildman–Crippen MR) is 85.9 cm³/mol. The van der Waals surface area contributed by atoms with Crippen molar-refractivity contribution in [2.24, 2.45) is 5.73 Å². The topological polar surface area (TPSA) is 82.8 Å². The largest absolute Gasteiger partial charge is 0.334 e. The van der Waals surface area contributed by atoms with Crippen LogP contribution in [-0.4, -0.2) is 19.9 Å². The zero-order chi connectivity index (χ0) is 15.9. The summed E-state index contributed by atoms with van der Waals surface area (Å²) in [6, 6.07) is 9.95. The van der Waals surface area contributed by atoms with Crippen LogP contribution in [0.5, 0.6) is 0 Å². The van der Waals surface area contributed by atoms with E-state index in [4.69, 9.17) is 10.3 Å². The molecule has 0 spiro atoms. The molecule has 0 saturated heterocycles. The number of nitrogens with zero attached hydrogens (tertiary/aromatic N) is 4. The standard InChI is InChI=1S/C17H19N5O/c1-12-14(11-22(20-12)13-7-3-2-4-8-13)15-19-16(21-23-15)17(18)9-5-6-10-17/h2-4,7-8,11H,5-6,9-10,18H2,1H3. The quantitative estimate of drug-likeness (QED) is 0.804. The van der Waals surface area contributed by atoms with E-state index < -0.39 is 5.54 Å². The zero-order valence-electron chi connectivity index (χ0n) is 13.1. The second kappa shape index (κ2) is 5.31. The third kappa shape index (κ3) is 2.45. The fourth-order valence-electron chi connectivity index (χ4n) is 3.15. The second-order valence-corrected chi connectivity index (χ2v) is 6.19. The summed E-state index contributed by atoms with van der Waals surface area (Å²) in [5.74, 6) is 1.09. The Bertz CT molecular complexity index is 815. The molecule has 0 amide bonds. The molecule has 0 atom stereocenters. The van der Waals surface area contributed by atoms with Crippen LogP contribution < -0.4 is 5.73 Å². The first-order valence-electron chi connectivity index (χ1n) is 7.91. The fraction of sp³-hybridized carbons (Fsp3) is 0.353. The third-order valence-corrected chi connectivity index (χ3v) is 4.52. The lowest BCUT2D eigenvalue weighted by Gasteiger charge is -2.17. The van der Waals surface area contributed by atoms with Gasteiger partial charge in [-0.15, -0.1) is 0 Å². The molecule has 4 rings (SSSR count). The van der Waals surface area contributed by atoms with E-state index in [0.717, 1.165) is 42.6 Å². The minimum atomic E-state index is -0.439. The smallest absolute Gasteiger partial charge is 0.261 e. The summed E-state index contributed by atoms with van der Waals surface area (Å²) in [7, 11) is 0. The molecule has 0 radical (unpaired) electrons.